The standard InChI is InChI=1S/C14H19N3O/c1-2-3-9-18-10-8-15-14-16-11-12-6-4-5-7-13(12)17-14/h4-7,11H,2-3,8-10H2,1H3,(H,15,16,17). The van der Waals surface area contributed by atoms with Gasteiger partial charge in [0.05, 0.1) is 12.1 Å². The van der Waals surface area contributed by atoms with Crippen molar-refractivity contribution in [3.05, 3.63) is 30.5 Å². The lowest BCUT2D eigenvalue weighted by Gasteiger charge is -2.06. The molecule has 0 spiro atoms. The average Bonchev–Trinajstić information content (AvgIpc) is 2.42. The fourth-order valence-electron chi connectivity index (χ4n) is 1.64. The molecule has 18 heavy (non-hydrogen) atoms. The highest BCUT2D eigenvalue weighted by Gasteiger charge is 1.98. The summed E-state index contributed by atoms with van der Waals surface area (Å²) >= 11 is 0. The van der Waals surface area contributed by atoms with Gasteiger partial charge in [0.15, 0.2) is 0 Å². The van der Waals surface area contributed by atoms with Crippen LogP contribution in [-0.2, 0) is 4.74 Å². The van der Waals surface area contributed by atoms with Crippen molar-refractivity contribution in [3.8, 4) is 0 Å². The molecule has 1 aromatic carbocycles. The van der Waals surface area contributed by atoms with Crippen LogP contribution >= 0.6 is 0 Å². The average molecular weight is 245 g/mol. The second-order valence-corrected chi connectivity index (χ2v) is 4.15. The molecule has 2 aromatic rings. The van der Waals surface area contributed by atoms with E-state index in [9.17, 15) is 0 Å². The summed E-state index contributed by atoms with van der Waals surface area (Å²) in [6.45, 7) is 4.42. The number of fused-ring (bicyclic) bond motifs is 1. The Hall–Kier alpha value is -1.68. The molecular formula is C14H19N3O. The van der Waals surface area contributed by atoms with Crippen molar-refractivity contribution in [3.63, 3.8) is 0 Å². The molecule has 0 saturated carbocycles. The zero-order valence-electron chi connectivity index (χ0n) is 10.7. The van der Waals surface area contributed by atoms with Gasteiger partial charge in [0.1, 0.15) is 0 Å². The fraction of sp³-hybridized carbons (Fsp3) is 0.429. The van der Waals surface area contributed by atoms with Gasteiger partial charge in [0.25, 0.3) is 0 Å². The van der Waals surface area contributed by atoms with Gasteiger partial charge in [-0.05, 0) is 12.5 Å². The van der Waals surface area contributed by atoms with Crippen molar-refractivity contribution < 1.29 is 4.74 Å². The van der Waals surface area contributed by atoms with Crippen molar-refractivity contribution in [1.29, 1.82) is 0 Å². The van der Waals surface area contributed by atoms with Gasteiger partial charge in [-0.2, -0.15) is 0 Å². The number of hydrogen-bond acceptors (Lipinski definition) is 4. The lowest BCUT2D eigenvalue weighted by Crippen LogP contribution is -2.11. The van der Waals surface area contributed by atoms with E-state index in [4.69, 9.17) is 4.74 Å². The molecule has 0 aliphatic rings. The molecule has 0 aliphatic carbocycles. The largest absolute Gasteiger partial charge is 0.380 e. The Labute approximate surface area is 107 Å². The molecule has 0 unspecified atom stereocenters. The highest BCUT2D eigenvalue weighted by molar-refractivity contribution is 5.78. The molecule has 0 radical (unpaired) electrons. The first-order chi connectivity index (χ1) is 8.90. The second-order valence-electron chi connectivity index (χ2n) is 4.15. The van der Waals surface area contributed by atoms with E-state index in [0.717, 1.165) is 30.5 Å². The minimum Gasteiger partial charge on any atom is -0.380 e. The molecule has 0 amide bonds. The minimum absolute atomic E-state index is 0.660. The topological polar surface area (TPSA) is 47.0 Å². The van der Waals surface area contributed by atoms with Crippen LogP contribution in [0.15, 0.2) is 30.5 Å². The predicted molar refractivity (Wildman–Crippen MR) is 73.8 cm³/mol. The molecule has 1 aromatic heterocycles. The summed E-state index contributed by atoms with van der Waals surface area (Å²) in [6, 6.07) is 7.96. The van der Waals surface area contributed by atoms with Crippen molar-refractivity contribution >= 4 is 16.9 Å². The van der Waals surface area contributed by atoms with Crippen LogP contribution in [0, 0.1) is 0 Å². The maximum absolute atomic E-state index is 5.47. The summed E-state index contributed by atoms with van der Waals surface area (Å²) < 4.78 is 5.47. The molecule has 0 atom stereocenters. The first-order valence-corrected chi connectivity index (χ1v) is 6.43. The van der Waals surface area contributed by atoms with Gasteiger partial charge in [-0.15, -0.1) is 0 Å². The fourth-order valence-corrected chi connectivity index (χ4v) is 1.64. The van der Waals surface area contributed by atoms with E-state index in [0.29, 0.717) is 12.6 Å². The first-order valence-electron chi connectivity index (χ1n) is 6.43. The number of ether oxygens (including phenoxy) is 1. The van der Waals surface area contributed by atoms with Crippen LogP contribution in [0.5, 0.6) is 0 Å². The lowest BCUT2D eigenvalue weighted by atomic mass is 10.2. The SMILES string of the molecule is CCCCOCCNc1ncc2ccccc2n1. The quantitative estimate of drug-likeness (QED) is 0.762. The van der Waals surface area contributed by atoms with Gasteiger partial charge < -0.3 is 10.1 Å². The Morgan fingerprint density at radius 3 is 3.00 bits per heavy atom. The van der Waals surface area contributed by atoms with Crippen LogP contribution in [0.3, 0.4) is 0 Å². The summed E-state index contributed by atoms with van der Waals surface area (Å²) in [4.78, 5) is 8.69. The van der Waals surface area contributed by atoms with Gasteiger partial charge in [0, 0.05) is 24.7 Å². The molecule has 0 bridgehead atoms. The van der Waals surface area contributed by atoms with Crippen LogP contribution in [0.1, 0.15) is 19.8 Å². The Balaban J connectivity index is 1.81. The van der Waals surface area contributed by atoms with E-state index in [2.05, 4.69) is 22.2 Å². The van der Waals surface area contributed by atoms with Gasteiger partial charge in [-0.1, -0.05) is 31.5 Å². The third-order valence-corrected chi connectivity index (χ3v) is 2.66. The van der Waals surface area contributed by atoms with Crippen LogP contribution in [-0.4, -0.2) is 29.7 Å². The Morgan fingerprint density at radius 1 is 1.22 bits per heavy atom. The third kappa shape index (κ3) is 3.67. The van der Waals surface area contributed by atoms with Gasteiger partial charge in [-0.3, -0.25) is 0 Å². The van der Waals surface area contributed by atoms with E-state index in [1.807, 2.05) is 30.5 Å². The zero-order valence-corrected chi connectivity index (χ0v) is 10.7. The number of aromatic nitrogens is 2. The van der Waals surface area contributed by atoms with Crippen molar-refractivity contribution in [2.45, 2.75) is 19.8 Å². The lowest BCUT2D eigenvalue weighted by molar-refractivity contribution is 0.141. The monoisotopic (exact) mass is 245 g/mol. The number of unbranched alkanes of at least 4 members (excludes halogenated alkanes) is 1. The van der Waals surface area contributed by atoms with Crippen molar-refractivity contribution in [1.82, 2.24) is 9.97 Å². The van der Waals surface area contributed by atoms with Crippen LogP contribution in [0.2, 0.25) is 0 Å². The highest BCUT2D eigenvalue weighted by Crippen LogP contribution is 2.11. The Morgan fingerprint density at radius 2 is 2.11 bits per heavy atom. The molecule has 96 valence electrons. The number of para-hydroxylation sites is 1. The van der Waals surface area contributed by atoms with E-state index in [-0.39, 0.29) is 0 Å². The van der Waals surface area contributed by atoms with Gasteiger partial charge in [0.2, 0.25) is 5.95 Å². The van der Waals surface area contributed by atoms with E-state index in [1.165, 1.54) is 6.42 Å². The van der Waals surface area contributed by atoms with E-state index < -0.39 is 0 Å². The summed E-state index contributed by atoms with van der Waals surface area (Å²) in [7, 11) is 0. The highest BCUT2D eigenvalue weighted by atomic mass is 16.5. The smallest absolute Gasteiger partial charge is 0.223 e. The second kappa shape index (κ2) is 6.91. The molecular weight excluding hydrogens is 226 g/mol. The maximum atomic E-state index is 5.47. The summed E-state index contributed by atoms with van der Waals surface area (Å²) in [6.07, 6.45) is 4.12. The molecule has 0 fully saturated rings. The number of hydrogen-bond donors (Lipinski definition) is 1. The minimum atomic E-state index is 0.660. The Bertz CT molecular complexity index is 487. The third-order valence-electron chi connectivity index (χ3n) is 2.66. The van der Waals surface area contributed by atoms with Crippen molar-refractivity contribution in [2.75, 3.05) is 25.1 Å². The summed E-state index contributed by atoms with van der Waals surface area (Å²) in [5.41, 5.74) is 0.960. The van der Waals surface area contributed by atoms with E-state index in [1.54, 1.807) is 0 Å². The van der Waals surface area contributed by atoms with E-state index >= 15 is 0 Å². The van der Waals surface area contributed by atoms with Gasteiger partial charge in [-0.25, -0.2) is 9.97 Å². The molecule has 4 nitrogen and oxygen atoms in total. The molecule has 4 heteroatoms. The van der Waals surface area contributed by atoms with Gasteiger partial charge >= 0.3 is 0 Å². The van der Waals surface area contributed by atoms with Crippen LogP contribution in [0.4, 0.5) is 5.95 Å². The number of anilines is 1. The predicted octanol–water partition coefficient (Wildman–Crippen LogP) is 2.86. The van der Waals surface area contributed by atoms with Crippen LogP contribution in [0.25, 0.3) is 10.9 Å². The molecule has 0 aliphatic heterocycles. The number of nitrogens with one attached hydrogen (secondary N) is 1. The van der Waals surface area contributed by atoms with Crippen molar-refractivity contribution in [2.24, 2.45) is 0 Å². The zero-order chi connectivity index (χ0) is 12.6. The number of rotatable bonds is 7. The number of benzene rings is 1. The number of nitrogens with zero attached hydrogens (tertiary/aromatic N) is 2. The molecule has 1 N–H and O–H groups in total. The first kappa shape index (κ1) is 12.8. The molecule has 2 rings (SSSR count). The Kier molecular flexibility index (Phi) is 4.90. The summed E-state index contributed by atoms with van der Waals surface area (Å²) in [5, 5.41) is 4.22. The maximum Gasteiger partial charge on any atom is 0.223 e. The summed E-state index contributed by atoms with van der Waals surface area (Å²) in [5.74, 6) is 0.660. The van der Waals surface area contributed by atoms with Crippen LogP contribution < -0.4 is 5.32 Å². The normalized spacial score (nSPS) is 10.7. The molecule has 1 heterocycles. The molecule has 0 saturated heterocycles.